The molecule has 0 aliphatic heterocycles. The maximum atomic E-state index is 13.5. The van der Waals surface area contributed by atoms with E-state index < -0.39 is 17.8 Å². The van der Waals surface area contributed by atoms with Gasteiger partial charge in [-0.15, -0.1) is 11.3 Å². The zero-order chi connectivity index (χ0) is 15.4. The summed E-state index contributed by atoms with van der Waals surface area (Å²) in [4.78, 5) is 23.4. The Hall–Kier alpha value is -1.93. The minimum atomic E-state index is -1.19. The minimum Gasteiger partial charge on any atom is -0.478 e. The number of halogens is 2. The average Bonchev–Trinajstić information content (AvgIpc) is 2.84. The smallest absolute Gasteiger partial charge is 0.335 e. The predicted octanol–water partition coefficient (Wildman–Crippen LogP) is 3.67. The quantitative estimate of drug-likeness (QED) is 0.765. The molecule has 0 fully saturated rings. The number of hydrogen-bond acceptors (Lipinski definition) is 3. The Morgan fingerprint density at radius 3 is 2.71 bits per heavy atom. The van der Waals surface area contributed by atoms with Crippen LogP contribution in [0, 0.1) is 5.82 Å². The van der Waals surface area contributed by atoms with E-state index >= 15 is 0 Å². The number of thiophene rings is 1. The van der Waals surface area contributed by atoms with Crippen molar-refractivity contribution in [2.75, 3.05) is 5.32 Å². The van der Waals surface area contributed by atoms with Crippen LogP contribution in [0.5, 0.6) is 0 Å². The highest BCUT2D eigenvalue weighted by Crippen LogP contribution is 2.19. The van der Waals surface area contributed by atoms with E-state index in [-0.39, 0.29) is 11.3 Å². The molecule has 0 bridgehead atoms. The molecule has 0 aliphatic rings. The van der Waals surface area contributed by atoms with E-state index in [1.807, 2.05) is 11.4 Å². The van der Waals surface area contributed by atoms with Gasteiger partial charge in [0.1, 0.15) is 5.82 Å². The zero-order valence-electron chi connectivity index (χ0n) is 10.5. The number of nitrogens with one attached hydrogen (secondary N) is 2. The van der Waals surface area contributed by atoms with Crippen LogP contribution in [-0.2, 0) is 6.54 Å². The summed E-state index contributed by atoms with van der Waals surface area (Å²) in [7, 11) is 0. The monoisotopic (exact) mass is 372 g/mol. The first-order valence-corrected chi connectivity index (χ1v) is 7.43. The van der Waals surface area contributed by atoms with Crippen LogP contribution in [0.15, 0.2) is 34.1 Å². The predicted molar refractivity (Wildman–Crippen MR) is 81.2 cm³/mol. The molecular formula is C13H10BrFN2O3S. The number of urea groups is 1. The molecule has 8 heteroatoms. The van der Waals surface area contributed by atoms with Crippen LogP contribution in [0.1, 0.15) is 15.2 Å². The van der Waals surface area contributed by atoms with E-state index in [0.717, 1.165) is 27.5 Å². The van der Waals surface area contributed by atoms with Gasteiger partial charge in [0.15, 0.2) is 0 Å². The normalized spacial score (nSPS) is 10.2. The summed E-state index contributed by atoms with van der Waals surface area (Å²) >= 11 is 4.77. The molecule has 2 amide bonds. The van der Waals surface area contributed by atoms with E-state index in [2.05, 4.69) is 26.6 Å². The highest BCUT2D eigenvalue weighted by atomic mass is 79.9. The van der Waals surface area contributed by atoms with Crippen molar-refractivity contribution in [2.24, 2.45) is 0 Å². The van der Waals surface area contributed by atoms with Gasteiger partial charge >= 0.3 is 12.0 Å². The van der Waals surface area contributed by atoms with Gasteiger partial charge in [0.2, 0.25) is 0 Å². The van der Waals surface area contributed by atoms with Gasteiger partial charge in [0.05, 0.1) is 17.8 Å². The second kappa shape index (κ2) is 6.68. The number of carbonyl (C=O) groups is 2. The zero-order valence-corrected chi connectivity index (χ0v) is 12.9. The molecule has 0 radical (unpaired) electrons. The van der Waals surface area contributed by atoms with Gasteiger partial charge in [0, 0.05) is 14.7 Å². The summed E-state index contributed by atoms with van der Waals surface area (Å²) < 4.78 is 14.4. The van der Waals surface area contributed by atoms with Crippen molar-refractivity contribution in [3.8, 4) is 0 Å². The third-order valence-corrected chi connectivity index (χ3v) is 4.20. The van der Waals surface area contributed by atoms with Crippen LogP contribution in [0.25, 0.3) is 0 Å². The molecule has 21 heavy (non-hydrogen) atoms. The molecule has 1 aromatic carbocycles. The first-order valence-electron chi connectivity index (χ1n) is 5.76. The first-order chi connectivity index (χ1) is 9.95. The lowest BCUT2D eigenvalue weighted by molar-refractivity contribution is 0.0697. The molecule has 1 heterocycles. The van der Waals surface area contributed by atoms with Crippen LogP contribution >= 0.6 is 27.3 Å². The Bertz CT molecular complexity index is 690. The van der Waals surface area contributed by atoms with Crippen molar-refractivity contribution < 1.29 is 19.1 Å². The van der Waals surface area contributed by atoms with E-state index in [9.17, 15) is 14.0 Å². The second-order valence-corrected chi connectivity index (χ2v) is 5.95. The van der Waals surface area contributed by atoms with Crippen LogP contribution in [0.4, 0.5) is 14.9 Å². The number of aromatic carboxylic acids is 1. The van der Waals surface area contributed by atoms with Gasteiger partial charge < -0.3 is 15.7 Å². The summed E-state index contributed by atoms with van der Waals surface area (Å²) in [5.74, 6) is -1.89. The molecule has 2 aromatic rings. The summed E-state index contributed by atoms with van der Waals surface area (Å²) in [6, 6.07) is 4.44. The summed E-state index contributed by atoms with van der Waals surface area (Å²) in [6.45, 7) is 0.294. The molecule has 2 rings (SSSR count). The lowest BCUT2D eigenvalue weighted by atomic mass is 10.2. The van der Waals surface area contributed by atoms with Gasteiger partial charge in [-0.05, 0) is 40.2 Å². The van der Waals surface area contributed by atoms with Crippen molar-refractivity contribution in [1.29, 1.82) is 0 Å². The number of amides is 2. The van der Waals surface area contributed by atoms with Crippen LogP contribution < -0.4 is 10.6 Å². The third kappa shape index (κ3) is 4.27. The summed E-state index contributed by atoms with van der Waals surface area (Å²) in [5, 5.41) is 15.6. The fraction of sp³-hybridized carbons (Fsp3) is 0.0769. The Labute approximate surface area is 131 Å². The molecule has 0 unspecified atom stereocenters. The maximum Gasteiger partial charge on any atom is 0.335 e. The lowest BCUT2D eigenvalue weighted by Crippen LogP contribution is -2.28. The Kier molecular flexibility index (Phi) is 4.92. The van der Waals surface area contributed by atoms with Crippen molar-refractivity contribution in [3.05, 3.63) is 50.4 Å². The standard InChI is InChI=1S/C13H10BrFN2O3S/c14-8-4-9(21-6-8)5-16-13(20)17-11-3-7(12(18)19)1-2-10(11)15/h1-4,6H,5H2,(H,18,19)(H2,16,17,20). The number of anilines is 1. The van der Waals surface area contributed by atoms with Crippen molar-refractivity contribution in [3.63, 3.8) is 0 Å². The Balaban J connectivity index is 1.99. The number of carboxylic acids is 1. The van der Waals surface area contributed by atoms with Crippen molar-refractivity contribution >= 4 is 45.0 Å². The number of hydrogen-bond donors (Lipinski definition) is 3. The molecule has 0 atom stereocenters. The lowest BCUT2D eigenvalue weighted by Gasteiger charge is -2.08. The molecule has 0 saturated heterocycles. The van der Waals surface area contributed by atoms with Gasteiger partial charge in [-0.1, -0.05) is 0 Å². The van der Waals surface area contributed by atoms with Gasteiger partial charge in [-0.2, -0.15) is 0 Å². The maximum absolute atomic E-state index is 13.5. The first kappa shape index (κ1) is 15.5. The highest BCUT2D eigenvalue weighted by molar-refractivity contribution is 9.10. The van der Waals surface area contributed by atoms with E-state index in [1.54, 1.807) is 0 Å². The molecule has 110 valence electrons. The number of benzene rings is 1. The molecular weight excluding hydrogens is 363 g/mol. The fourth-order valence-corrected chi connectivity index (χ4v) is 2.93. The summed E-state index contributed by atoms with van der Waals surface area (Å²) in [5.41, 5.74) is -0.284. The van der Waals surface area contributed by atoms with Crippen molar-refractivity contribution in [2.45, 2.75) is 6.54 Å². The molecule has 3 N–H and O–H groups in total. The number of rotatable bonds is 4. The Morgan fingerprint density at radius 1 is 1.33 bits per heavy atom. The largest absolute Gasteiger partial charge is 0.478 e. The van der Waals surface area contributed by atoms with Crippen LogP contribution in [0.2, 0.25) is 0 Å². The van der Waals surface area contributed by atoms with E-state index in [4.69, 9.17) is 5.11 Å². The second-order valence-electron chi connectivity index (χ2n) is 4.04. The molecule has 1 aromatic heterocycles. The van der Waals surface area contributed by atoms with Gasteiger partial charge in [-0.25, -0.2) is 14.0 Å². The SMILES string of the molecule is O=C(NCc1cc(Br)cs1)Nc1cc(C(=O)O)ccc1F. The topological polar surface area (TPSA) is 78.4 Å². The fourth-order valence-electron chi connectivity index (χ4n) is 1.53. The van der Waals surface area contributed by atoms with Gasteiger partial charge in [0.25, 0.3) is 0 Å². The number of carbonyl (C=O) groups excluding carboxylic acids is 1. The average molecular weight is 373 g/mol. The molecule has 0 aliphatic carbocycles. The van der Waals surface area contributed by atoms with E-state index in [0.29, 0.717) is 6.54 Å². The third-order valence-electron chi connectivity index (χ3n) is 2.51. The molecule has 5 nitrogen and oxygen atoms in total. The molecule has 0 spiro atoms. The number of carboxylic acid groups (broad SMARTS) is 1. The van der Waals surface area contributed by atoms with Crippen LogP contribution in [0.3, 0.4) is 0 Å². The molecule has 0 saturated carbocycles. The Morgan fingerprint density at radius 2 is 2.10 bits per heavy atom. The van der Waals surface area contributed by atoms with Gasteiger partial charge in [-0.3, -0.25) is 0 Å². The van der Waals surface area contributed by atoms with E-state index in [1.165, 1.54) is 11.3 Å². The van der Waals surface area contributed by atoms with Crippen LogP contribution in [-0.4, -0.2) is 17.1 Å². The minimum absolute atomic E-state index is 0.103. The highest BCUT2D eigenvalue weighted by Gasteiger charge is 2.11. The summed E-state index contributed by atoms with van der Waals surface area (Å²) in [6.07, 6.45) is 0. The van der Waals surface area contributed by atoms with Crippen molar-refractivity contribution in [1.82, 2.24) is 5.32 Å².